The highest BCUT2D eigenvalue weighted by molar-refractivity contribution is 5.77. The summed E-state index contributed by atoms with van der Waals surface area (Å²) in [5.41, 5.74) is -0.714. The number of aliphatic carboxylic acids is 2. The second-order valence-electron chi connectivity index (χ2n) is 34.2. The van der Waals surface area contributed by atoms with Crippen molar-refractivity contribution in [1.29, 1.82) is 0 Å². The van der Waals surface area contributed by atoms with Crippen LogP contribution in [0.25, 0.3) is 0 Å². The Morgan fingerprint density at radius 2 is 0.314 bits per heavy atom. The van der Waals surface area contributed by atoms with Crippen LogP contribution >= 0.6 is 0 Å². The van der Waals surface area contributed by atoms with Crippen LogP contribution in [0.4, 0.5) is 0 Å². The third-order valence-electron chi connectivity index (χ3n) is 24.1. The smallest absolute Gasteiger partial charge is 0.312 e. The van der Waals surface area contributed by atoms with Crippen molar-refractivity contribution in [3.8, 4) is 0 Å². The molecule has 0 aliphatic heterocycles. The lowest BCUT2D eigenvalue weighted by Crippen LogP contribution is -2.42. The molecule has 0 aromatic carbocycles. The zero-order chi connectivity index (χ0) is 74.0. The zero-order valence-electron chi connectivity index (χ0n) is 70.5. The first kappa shape index (κ1) is 100. The Bertz CT molecular complexity index is 1650. The van der Waals surface area contributed by atoms with Gasteiger partial charge in [0.05, 0.1) is 5.41 Å². The minimum Gasteiger partial charge on any atom is -0.481 e. The monoisotopic (exact) mass is 1440 g/mol. The van der Waals surface area contributed by atoms with Gasteiger partial charge < -0.3 is 14.9 Å². The standard InChI is InChI=1S/C96H188O6/c1-5-9-13-17-21-25-29-32-36-44-51-59-67-75-83-91-96(89-81-73-65-57-49-31-27-23-19-15-11-7-3,90-82-74-66-58-50-43-33-30-26-22-18-14-10-6-2)102-94(101)95(86-78-70-62-54-28-24-20-16-12-8-4,88-80-72-64-56-48-42-38-40-46-53-61-69-77-85-93(99)100)87-79-71-63-55-47-41-37-34-35-39-45-52-60-68-76-84-92(97)98/h5-91H2,1-4H3,(H,97,98)(H,99,100). The highest BCUT2D eigenvalue weighted by Gasteiger charge is 2.43. The van der Waals surface area contributed by atoms with Gasteiger partial charge in [0, 0.05) is 12.8 Å². The van der Waals surface area contributed by atoms with Crippen molar-refractivity contribution in [3.63, 3.8) is 0 Å². The summed E-state index contributed by atoms with van der Waals surface area (Å²) >= 11 is 0. The summed E-state index contributed by atoms with van der Waals surface area (Å²) in [6.07, 6.45) is 111. The average molecular weight is 1440 g/mol. The maximum atomic E-state index is 16.3. The summed E-state index contributed by atoms with van der Waals surface area (Å²) in [7, 11) is 0. The van der Waals surface area contributed by atoms with E-state index in [-0.39, 0.29) is 17.0 Å². The van der Waals surface area contributed by atoms with Gasteiger partial charge >= 0.3 is 17.9 Å². The fourth-order valence-electron chi connectivity index (χ4n) is 16.9. The SMILES string of the molecule is CCCCCCCCCCCCCCCCCC(CCCCCCCCCCCCCC)(CCCCCCCCCCCCCCCC)OC(=O)C(CCCCCCCCCCCC)(CCCCCCCCCCCCCCCCCC(=O)O)CCCCCCCCCCCCCCCC(=O)O. The normalized spacial score (nSPS) is 12.9. The molecule has 0 radical (unpaired) electrons. The molecule has 0 heterocycles. The lowest BCUT2D eigenvalue weighted by Gasteiger charge is -2.40. The van der Waals surface area contributed by atoms with Crippen LogP contribution in [-0.2, 0) is 19.1 Å². The third kappa shape index (κ3) is 73.9. The number of hydrogen-bond acceptors (Lipinski definition) is 4. The van der Waals surface area contributed by atoms with E-state index in [4.69, 9.17) is 14.9 Å². The molecule has 0 fully saturated rings. The molecule has 0 rings (SSSR count). The van der Waals surface area contributed by atoms with Gasteiger partial charge in [-0.05, 0) is 70.6 Å². The van der Waals surface area contributed by atoms with E-state index in [1.165, 1.54) is 469 Å². The summed E-state index contributed by atoms with van der Waals surface area (Å²) in [6, 6.07) is 0. The van der Waals surface area contributed by atoms with Gasteiger partial charge in [-0.1, -0.05) is 503 Å². The number of carbonyl (C=O) groups excluding carboxylic acids is 1. The molecule has 0 saturated heterocycles. The number of unbranched alkanes of at least 4 members (excludes halogenated alkanes) is 73. The minimum absolute atomic E-state index is 0.253. The first-order chi connectivity index (χ1) is 50.2. The van der Waals surface area contributed by atoms with Crippen molar-refractivity contribution in [3.05, 3.63) is 0 Å². The van der Waals surface area contributed by atoms with Crippen LogP contribution in [0.15, 0.2) is 0 Å². The average Bonchev–Trinajstić information content (AvgIpc) is 0.809. The Kier molecular flexibility index (Phi) is 82.1. The van der Waals surface area contributed by atoms with Crippen molar-refractivity contribution in [1.82, 2.24) is 0 Å². The van der Waals surface area contributed by atoms with Gasteiger partial charge in [0.2, 0.25) is 0 Å². The van der Waals surface area contributed by atoms with Gasteiger partial charge in [-0.15, -0.1) is 0 Å². The van der Waals surface area contributed by atoms with E-state index in [0.717, 1.165) is 77.0 Å². The molecule has 2 unspecified atom stereocenters. The van der Waals surface area contributed by atoms with Gasteiger partial charge in [-0.25, -0.2) is 0 Å². The quantitative estimate of drug-likeness (QED) is 0.0465. The Balaban J connectivity index is 6.72. The van der Waals surface area contributed by atoms with E-state index in [1.807, 2.05) is 0 Å². The van der Waals surface area contributed by atoms with Gasteiger partial charge in [-0.3, -0.25) is 14.4 Å². The lowest BCUT2D eigenvalue weighted by molar-refractivity contribution is -0.178. The maximum absolute atomic E-state index is 16.3. The van der Waals surface area contributed by atoms with E-state index in [9.17, 15) is 9.59 Å². The summed E-state index contributed by atoms with van der Waals surface area (Å²) in [6.45, 7) is 9.30. The number of carboxylic acid groups (broad SMARTS) is 2. The van der Waals surface area contributed by atoms with Crippen molar-refractivity contribution < 1.29 is 29.3 Å². The van der Waals surface area contributed by atoms with Crippen molar-refractivity contribution in [2.45, 2.75) is 592 Å². The molecule has 0 aromatic heterocycles. The molecule has 0 amide bonds. The lowest BCUT2D eigenvalue weighted by atomic mass is 9.73. The molecule has 0 spiro atoms. The third-order valence-corrected chi connectivity index (χ3v) is 24.1. The van der Waals surface area contributed by atoms with Gasteiger partial charge in [-0.2, -0.15) is 0 Å². The number of ether oxygens (including phenoxy) is 1. The molecule has 2 N–H and O–H groups in total. The second-order valence-corrected chi connectivity index (χ2v) is 34.2. The van der Waals surface area contributed by atoms with Crippen molar-refractivity contribution in [2.24, 2.45) is 5.41 Å². The molecule has 0 aromatic rings. The molecule has 0 aliphatic carbocycles. The number of hydrogen-bond donors (Lipinski definition) is 2. The molecule has 0 aliphatic rings. The van der Waals surface area contributed by atoms with E-state index in [1.54, 1.807) is 0 Å². The summed E-state index contributed by atoms with van der Waals surface area (Å²) < 4.78 is 7.76. The fourth-order valence-corrected chi connectivity index (χ4v) is 16.9. The van der Waals surface area contributed by atoms with Crippen LogP contribution in [0.2, 0.25) is 0 Å². The number of carbonyl (C=O) groups is 3. The van der Waals surface area contributed by atoms with E-state index in [0.29, 0.717) is 12.8 Å². The second kappa shape index (κ2) is 83.4. The van der Waals surface area contributed by atoms with E-state index in [2.05, 4.69) is 27.7 Å². The zero-order valence-corrected chi connectivity index (χ0v) is 70.5. The van der Waals surface area contributed by atoms with Crippen molar-refractivity contribution in [2.75, 3.05) is 0 Å². The van der Waals surface area contributed by atoms with Gasteiger partial charge in [0.15, 0.2) is 0 Å². The van der Waals surface area contributed by atoms with Crippen LogP contribution in [0.3, 0.4) is 0 Å². The number of rotatable bonds is 91. The van der Waals surface area contributed by atoms with Crippen molar-refractivity contribution >= 4 is 17.9 Å². The van der Waals surface area contributed by atoms with Crippen LogP contribution in [0, 0.1) is 5.41 Å². The molecule has 608 valence electrons. The summed E-state index contributed by atoms with van der Waals surface area (Å²) in [5.74, 6) is -1.07. The maximum Gasteiger partial charge on any atom is 0.312 e. The highest BCUT2D eigenvalue weighted by atomic mass is 16.6. The predicted octanol–water partition coefficient (Wildman–Crippen LogP) is 34.4. The van der Waals surface area contributed by atoms with E-state index < -0.39 is 11.9 Å². The van der Waals surface area contributed by atoms with Crippen LogP contribution in [0.1, 0.15) is 586 Å². The Hall–Kier alpha value is -1.59. The molecule has 6 heteroatoms. The highest BCUT2D eigenvalue weighted by Crippen LogP contribution is 2.43. The topological polar surface area (TPSA) is 101 Å². The summed E-state index contributed by atoms with van der Waals surface area (Å²) in [4.78, 5) is 38.2. The Morgan fingerprint density at radius 1 is 0.186 bits per heavy atom. The molecule has 6 nitrogen and oxygen atoms in total. The molecule has 102 heavy (non-hydrogen) atoms. The summed E-state index contributed by atoms with van der Waals surface area (Å²) in [5, 5.41) is 18.0. The van der Waals surface area contributed by atoms with Crippen LogP contribution < -0.4 is 0 Å². The molecular weight excluding hydrogens is 1250 g/mol. The first-order valence-electron chi connectivity index (χ1n) is 47.9. The van der Waals surface area contributed by atoms with Crippen LogP contribution in [-0.4, -0.2) is 33.7 Å². The first-order valence-corrected chi connectivity index (χ1v) is 47.9. The Morgan fingerprint density at radius 3 is 0.461 bits per heavy atom. The fraction of sp³-hybridized carbons (Fsp3) is 0.969. The number of carboxylic acids is 2. The largest absolute Gasteiger partial charge is 0.481 e. The number of esters is 1. The minimum atomic E-state index is -0.660. The van der Waals surface area contributed by atoms with E-state index >= 15 is 4.79 Å². The van der Waals surface area contributed by atoms with Crippen LogP contribution in [0.5, 0.6) is 0 Å². The molecule has 0 saturated carbocycles. The predicted molar refractivity (Wildman–Crippen MR) is 451 cm³/mol. The van der Waals surface area contributed by atoms with Gasteiger partial charge in [0.1, 0.15) is 5.60 Å². The Labute approximate surface area is 641 Å². The van der Waals surface area contributed by atoms with Gasteiger partial charge in [0.25, 0.3) is 0 Å². The molecule has 2 atom stereocenters. The molecular formula is C96H188O6. The molecule has 0 bridgehead atoms.